The standard InChI is InChI=1S/C21H25NO4/c1-21(2,3)26-20(24)22-18(14-16-10-6-4-7-11-16)15-25-19(23)17-12-8-5-9-13-17/h4-13,18H,14-15H2,1-3H3,(H,22,24)/t18-/m0/s1. The highest BCUT2D eigenvalue weighted by atomic mass is 16.6. The lowest BCUT2D eigenvalue weighted by atomic mass is 10.1. The van der Waals surface area contributed by atoms with Gasteiger partial charge in [0.25, 0.3) is 0 Å². The molecule has 1 N–H and O–H groups in total. The van der Waals surface area contributed by atoms with Crippen LogP contribution in [0.3, 0.4) is 0 Å². The lowest BCUT2D eigenvalue weighted by Gasteiger charge is -2.23. The molecule has 0 saturated carbocycles. The van der Waals surface area contributed by atoms with E-state index in [0.29, 0.717) is 12.0 Å². The van der Waals surface area contributed by atoms with Crippen LogP contribution in [0.15, 0.2) is 60.7 Å². The smallest absolute Gasteiger partial charge is 0.408 e. The molecular formula is C21H25NO4. The van der Waals surface area contributed by atoms with Crippen molar-refractivity contribution in [2.75, 3.05) is 6.61 Å². The second-order valence-corrected chi connectivity index (χ2v) is 7.00. The zero-order valence-electron chi connectivity index (χ0n) is 15.4. The molecular weight excluding hydrogens is 330 g/mol. The molecule has 0 aliphatic carbocycles. The SMILES string of the molecule is CC(C)(C)OC(=O)N[C@H](COC(=O)c1ccccc1)Cc1ccccc1. The van der Waals surface area contributed by atoms with Gasteiger partial charge in [0.05, 0.1) is 11.6 Å². The molecule has 2 aromatic carbocycles. The Hall–Kier alpha value is -2.82. The van der Waals surface area contributed by atoms with E-state index in [0.717, 1.165) is 5.56 Å². The minimum absolute atomic E-state index is 0.0574. The number of hydrogen-bond acceptors (Lipinski definition) is 4. The molecule has 0 radical (unpaired) electrons. The molecule has 0 heterocycles. The lowest BCUT2D eigenvalue weighted by molar-refractivity contribution is 0.0369. The number of ether oxygens (including phenoxy) is 2. The number of nitrogens with one attached hydrogen (secondary N) is 1. The quantitative estimate of drug-likeness (QED) is 0.796. The topological polar surface area (TPSA) is 64.6 Å². The van der Waals surface area contributed by atoms with Gasteiger partial charge in [0.1, 0.15) is 12.2 Å². The average molecular weight is 355 g/mol. The predicted molar refractivity (Wildman–Crippen MR) is 100 cm³/mol. The van der Waals surface area contributed by atoms with E-state index < -0.39 is 17.7 Å². The van der Waals surface area contributed by atoms with Crippen LogP contribution in [0.1, 0.15) is 36.7 Å². The fraction of sp³-hybridized carbons (Fsp3) is 0.333. The second-order valence-electron chi connectivity index (χ2n) is 7.00. The second kappa shape index (κ2) is 9.04. The van der Waals surface area contributed by atoms with Crippen molar-refractivity contribution >= 4 is 12.1 Å². The molecule has 0 unspecified atom stereocenters. The molecule has 0 aliphatic heterocycles. The van der Waals surface area contributed by atoms with Gasteiger partial charge in [-0.3, -0.25) is 0 Å². The van der Waals surface area contributed by atoms with E-state index in [1.54, 1.807) is 45.0 Å². The Morgan fingerprint density at radius 1 is 0.962 bits per heavy atom. The van der Waals surface area contributed by atoms with Crippen LogP contribution in [0.25, 0.3) is 0 Å². The molecule has 5 heteroatoms. The molecule has 2 aromatic rings. The molecule has 1 atom stereocenters. The minimum atomic E-state index is -0.595. The summed E-state index contributed by atoms with van der Waals surface area (Å²) in [7, 11) is 0. The molecule has 0 fully saturated rings. The number of rotatable bonds is 6. The summed E-state index contributed by atoms with van der Waals surface area (Å²) in [6, 6.07) is 18.1. The van der Waals surface area contributed by atoms with Crippen LogP contribution in [0.5, 0.6) is 0 Å². The zero-order valence-corrected chi connectivity index (χ0v) is 15.4. The maximum atomic E-state index is 12.1. The first kappa shape index (κ1) is 19.5. The lowest BCUT2D eigenvalue weighted by Crippen LogP contribution is -2.43. The Labute approximate surface area is 154 Å². The first-order valence-corrected chi connectivity index (χ1v) is 8.59. The van der Waals surface area contributed by atoms with Crippen LogP contribution < -0.4 is 5.32 Å². The number of amides is 1. The number of carbonyl (C=O) groups excluding carboxylic acids is 2. The van der Waals surface area contributed by atoms with Crippen LogP contribution in [0, 0.1) is 0 Å². The predicted octanol–water partition coefficient (Wildman–Crippen LogP) is 3.98. The van der Waals surface area contributed by atoms with Crippen molar-refractivity contribution in [3.05, 3.63) is 71.8 Å². The summed E-state index contributed by atoms with van der Waals surface area (Å²) in [5, 5.41) is 2.79. The molecule has 0 saturated heterocycles. The van der Waals surface area contributed by atoms with Crippen molar-refractivity contribution in [1.29, 1.82) is 0 Å². The summed E-state index contributed by atoms with van der Waals surface area (Å²) in [6.45, 7) is 5.46. The maximum absolute atomic E-state index is 12.1. The Balaban J connectivity index is 2.00. The molecule has 26 heavy (non-hydrogen) atoms. The summed E-state index contributed by atoms with van der Waals surface area (Å²) >= 11 is 0. The number of alkyl carbamates (subject to hydrolysis) is 1. The number of carbonyl (C=O) groups is 2. The minimum Gasteiger partial charge on any atom is -0.460 e. The van der Waals surface area contributed by atoms with E-state index in [9.17, 15) is 9.59 Å². The highest BCUT2D eigenvalue weighted by molar-refractivity contribution is 5.89. The third-order valence-corrected chi connectivity index (χ3v) is 3.47. The van der Waals surface area contributed by atoms with Gasteiger partial charge in [0, 0.05) is 0 Å². The molecule has 0 bridgehead atoms. The highest BCUT2D eigenvalue weighted by Crippen LogP contribution is 2.09. The van der Waals surface area contributed by atoms with Crippen LogP contribution in [0.2, 0.25) is 0 Å². The van der Waals surface area contributed by atoms with E-state index in [-0.39, 0.29) is 12.6 Å². The Bertz CT molecular complexity index is 708. The van der Waals surface area contributed by atoms with Crippen LogP contribution in [-0.2, 0) is 15.9 Å². The summed E-state index contributed by atoms with van der Waals surface area (Å²) in [5.41, 5.74) is 0.912. The summed E-state index contributed by atoms with van der Waals surface area (Å²) in [5.74, 6) is -0.422. The molecule has 5 nitrogen and oxygen atoms in total. The van der Waals surface area contributed by atoms with Gasteiger partial charge in [0.2, 0.25) is 0 Å². The summed E-state index contributed by atoms with van der Waals surface area (Å²) in [4.78, 5) is 24.3. The zero-order chi connectivity index (χ0) is 19.0. The Kier molecular flexibility index (Phi) is 6.78. The van der Waals surface area contributed by atoms with Gasteiger partial charge in [-0.25, -0.2) is 9.59 Å². The van der Waals surface area contributed by atoms with E-state index in [2.05, 4.69) is 5.32 Å². The van der Waals surface area contributed by atoms with Crippen LogP contribution >= 0.6 is 0 Å². The van der Waals surface area contributed by atoms with Crippen LogP contribution in [0.4, 0.5) is 4.79 Å². The Morgan fingerprint density at radius 3 is 2.12 bits per heavy atom. The van der Waals surface area contributed by atoms with E-state index in [1.165, 1.54) is 0 Å². The molecule has 138 valence electrons. The Morgan fingerprint density at radius 2 is 1.54 bits per heavy atom. The molecule has 0 aromatic heterocycles. The van der Waals surface area contributed by atoms with Crippen molar-refractivity contribution in [3.8, 4) is 0 Å². The number of benzene rings is 2. The van der Waals surface area contributed by atoms with E-state index in [1.807, 2.05) is 36.4 Å². The van der Waals surface area contributed by atoms with Gasteiger partial charge in [-0.1, -0.05) is 48.5 Å². The summed E-state index contributed by atoms with van der Waals surface area (Å²) in [6.07, 6.45) is -0.00324. The van der Waals surface area contributed by atoms with Gasteiger partial charge in [-0.15, -0.1) is 0 Å². The van der Waals surface area contributed by atoms with Crippen molar-refractivity contribution in [1.82, 2.24) is 5.32 Å². The fourth-order valence-electron chi connectivity index (χ4n) is 2.36. The number of hydrogen-bond donors (Lipinski definition) is 1. The molecule has 1 amide bonds. The molecule has 0 spiro atoms. The van der Waals surface area contributed by atoms with Gasteiger partial charge in [0.15, 0.2) is 0 Å². The monoisotopic (exact) mass is 355 g/mol. The first-order valence-electron chi connectivity index (χ1n) is 8.59. The normalized spacial score (nSPS) is 12.1. The van der Waals surface area contributed by atoms with E-state index >= 15 is 0 Å². The van der Waals surface area contributed by atoms with Crippen molar-refractivity contribution < 1.29 is 19.1 Å². The van der Waals surface area contributed by atoms with Crippen molar-refractivity contribution in [3.63, 3.8) is 0 Å². The van der Waals surface area contributed by atoms with E-state index in [4.69, 9.17) is 9.47 Å². The maximum Gasteiger partial charge on any atom is 0.408 e. The van der Waals surface area contributed by atoms with Gasteiger partial charge < -0.3 is 14.8 Å². The third kappa shape index (κ3) is 6.97. The molecule has 0 aliphatic rings. The van der Waals surface area contributed by atoms with Gasteiger partial charge in [-0.05, 0) is 44.9 Å². The largest absolute Gasteiger partial charge is 0.460 e. The first-order chi connectivity index (χ1) is 12.3. The summed E-state index contributed by atoms with van der Waals surface area (Å²) < 4.78 is 10.7. The molecule has 2 rings (SSSR count). The van der Waals surface area contributed by atoms with Crippen molar-refractivity contribution in [2.24, 2.45) is 0 Å². The highest BCUT2D eigenvalue weighted by Gasteiger charge is 2.21. The van der Waals surface area contributed by atoms with Gasteiger partial charge in [-0.2, -0.15) is 0 Å². The average Bonchev–Trinajstić information content (AvgIpc) is 2.59. The fourth-order valence-corrected chi connectivity index (χ4v) is 2.36. The van der Waals surface area contributed by atoms with Crippen LogP contribution in [-0.4, -0.2) is 30.3 Å². The van der Waals surface area contributed by atoms with Gasteiger partial charge >= 0.3 is 12.1 Å². The van der Waals surface area contributed by atoms with Crippen molar-refractivity contribution in [2.45, 2.75) is 38.8 Å². The third-order valence-electron chi connectivity index (χ3n) is 3.47. The number of esters is 1.